The predicted molar refractivity (Wildman–Crippen MR) is 117 cm³/mol. The average Bonchev–Trinajstić information content (AvgIpc) is 3.11. The van der Waals surface area contributed by atoms with Crippen molar-refractivity contribution in [2.24, 2.45) is 0 Å². The molecule has 1 aromatic heterocycles. The molecule has 0 spiro atoms. The number of nitrogens with zero attached hydrogens (tertiary/aromatic N) is 1. The standard InChI is InChI=1S/C22H28N2O3S2/c1-13(2)17-7-15(11-23)8-18(14(3)4)19(17)10-20(25)24-29(27)21-9-16(12-28-21)22(5,6)26/h7-9,12-14,26H,10H2,1-6H3,(H,24,25). The highest BCUT2D eigenvalue weighted by molar-refractivity contribution is 7.92. The van der Waals surface area contributed by atoms with Gasteiger partial charge < -0.3 is 9.66 Å². The number of rotatable bonds is 7. The maximum atomic E-state index is 12.7. The fraction of sp³-hybridized carbons (Fsp3) is 0.455. The smallest absolute Gasteiger partial charge is 0.265 e. The second kappa shape index (κ2) is 9.31. The third-order valence-corrected chi connectivity index (χ3v) is 7.06. The third kappa shape index (κ3) is 5.83. The van der Waals surface area contributed by atoms with Gasteiger partial charge in [-0.2, -0.15) is 9.98 Å². The van der Waals surface area contributed by atoms with E-state index in [1.165, 1.54) is 11.3 Å². The minimum Gasteiger partial charge on any atom is -0.587 e. The van der Waals surface area contributed by atoms with Gasteiger partial charge in [-0.25, -0.2) is 0 Å². The highest BCUT2D eigenvalue weighted by atomic mass is 32.2. The van der Waals surface area contributed by atoms with Crippen LogP contribution in [0.1, 0.15) is 81.2 Å². The first-order valence-corrected chi connectivity index (χ1v) is 11.6. The molecule has 0 radical (unpaired) electrons. The molecule has 156 valence electrons. The molecule has 1 heterocycles. The first kappa shape index (κ1) is 23.4. The molecule has 0 fully saturated rings. The van der Waals surface area contributed by atoms with E-state index in [1.54, 1.807) is 25.3 Å². The van der Waals surface area contributed by atoms with Gasteiger partial charge in [0.2, 0.25) is 4.21 Å². The van der Waals surface area contributed by atoms with Crippen molar-refractivity contribution in [3.05, 3.63) is 51.4 Å². The summed E-state index contributed by atoms with van der Waals surface area (Å²) in [5.74, 6) is -0.0310. The summed E-state index contributed by atoms with van der Waals surface area (Å²) in [6, 6.07) is 7.53. The number of nitrogens with one attached hydrogen (secondary N) is 1. The van der Waals surface area contributed by atoms with E-state index in [4.69, 9.17) is 0 Å². The molecule has 1 atom stereocenters. The van der Waals surface area contributed by atoms with Crippen LogP contribution in [-0.4, -0.2) is 15.6 Å². The zero-order valence-corrected chi connectivity index (χ0v) is 19.3. The predicted octanol–water partition coefficient (Wildman–Crippen LogP) is 4.48. The highest BCUT2D eigenvalue weighted by Crippen LogP contribution is 2.31. The molecule has 5 nitrogen and oxygen atoms in total. The average molecular weight is 433 g/mol. The van der Waals surface area contributed by atoms with Crippen molar-refractivity contribution in [1.82, 2.24) is 4.72 Å². The lowest BCUT2D eigenvalue weighted by atomic mass is 9.85. The van der Waals surface area contributed by atoms with Crippen LogP contribution >= 0.6 is 11.3 Å². The van der Waals surface area contributed by atoms with Gasteiger partial charge in [-0.15, -0.1) is 0 Å². The third-order valence-electron chi connectivity index (χ3n) is 4.70. The summed E-state index contributed by atoms with van der Waals surface area (Å²) in [4.78, 5) is 12.7. The Hall–Kier alpha value is -1.85. The Kier molecular flexibility index (Phi) is 7.52. The number of amides is 1. The van der Waals surface area contributed by atoms with Gasteiger partial charge in [0.25, 0.3) is 5.91 Å². The Morgan fingerprint density at radius 1 is 1.24 bits per heavy atom. The van der Waals surface area contributed by atoms with Crippen LogP contribution in [0.2, 0.25) is 0 Å². The van der Waals surface area contributed by atoms with Crippen LogP contribution in [0.15, 0.2) is 27.8 Å². The maximum Gasteiger partial charge on any atom is 0.265 e. The normalized spacial score (nSPS) is 12.9. The lowest BCUT2D eigenvalue weighted by Crippen LogP contribution is -2.32. The lowest BCUT2D eigenvalue weighted by Gasteiger charge is -2.20. The van der Waals surface area contributed by atoms with E-state index in [2.05, 4.69) is 10.8 Å². The minimum atomic E-state index is -1.69. The van der Waals surface area contributed by atoms with Gasteiger partial charge in [0.05, 0.1) is 23.7 Å². The SMILES string of the molecule is CC(C)c1cc(C#N)cc(C(C)C)c1CC(=O)N[S+]([O-])c1cc(C(C)(C)O)cs1. The Balaban J connectivity index is 2.26. The molecule has 7 heteroatoms. The van der Waals surface area contributed by atoms with Crippen LogP contribution in [-0.2, 0) is 28.2 Å². The van der Waals surface area contributed by atoms with Crippen molar-refractivity contribution in [1.29, 1.82) is 5.26 Å². The minimum absolute atomic E-state index is 0.0994. The van der Waals surface area contributed by atoms with E-state index in [0.717, 1.165) is 16.7 Å². The molecule has 2 rings (SSSR count). The van der Waals surface area contributed by atoms with Gasteiger partial charge in [0.15, 0.2) is 0 Å². The number of carbonyl (C=O) groups excluding carboxylic acids is 1. The summed E-state index contributed by atoms with van der Waals surface area (Å²) >= 11 is -0.443. The van der Waals surface area contributed by atoms with Crippen LogP contribution in [0, 0.1) is 11.3 Å². The Labute approximate surface area is 180 Å². The zero-order chi connectivity index (χ0) is 21.9. The molecule has 0 aliphatic heterocycles. The molecule has 0 saturated heterocycles. The number of benzene rings is 1. The fourth-order valence-electron chi connectivity index (χ4n) is 3.10. The summed E-state index contributed by atoms with van der Waals surface area (Å²) in [5, 5.41) is 21.2. The van der Waals surface area contributed by atoms with Crippen molar-refractivity contribution >= 4 is 28.6 Å². The van der Waals surface area contributed by atoms with E-state index in [1.807, 2.05) is 39.8 Å². The molecular weight excluding hydrogens is 404 g/mol. The van der Waals surface area contributed by atoms with Crippen molar-refractivity contribution in [2.75, 3.05) is 0 Å². The second-order valence-corrected chi connectivity index (χ2v) is 10.6. The number of nitriles is 1. The molecule has 0 aliphatic carbocycles. The Bertz CT molecular complexity index is 892. The first-order valence-electron chi connectivity index (χ1n) is 9.53. The fourth-order valence-corrected chi connectivity index (χ4v) is 5.13. The summed E-state index contributed by atoms with van der Waals surface area (Å²) in [5.41, 5.74) is 3.05. The molecule has 0 aliphatic rings. The number of hydrogen-bond donors (Lipinski definition) is 2. The largest absolute Gasteiger partial charge is 0.587 e. The van der Waals surface area contributed by atoms with Gasteiger partial charge in [-0.05, 0) is 60.1 Å². The molecule has 1 unspecified atom stereocenters. The van der Waals surface area contributed by atoms with Gasteiger partial charge in [-0.1, -0.05) is 39.0 Å². The van der Waals surface area contributed by atoms with E-state index < -0.39 is 17.0 Å². The zero-order valence-electron chi connectivity index (χ0n) is 17.7. The number of hydrogen-bond acceptors (Lipinski definition) is 5. The molecule has 1 amide bonds. The van der Waals surface area contributed by atoms with Gasteiger partial charge in [0.1, 0.15) is 11.4 Å². The van der Waals surface area contributed by atoms with Crippen LogP contribution in [0.5, 0.6) is 0 Å². The molecule has 29 heavy (non-hydrogen) atoms. The quantitative estimate of drug-likeness (QED) is 0.631. The van der Waals surface area contributed by atoms with Gasteiger partial charge in [-0.3, -0.25) is 4.79 Å². The van der Waals surface area contributed by atoms with Crippen molar-refractivity contribution < 1.29 is 14.5 Å². The van der Waals surface area contributed by atoms with E-state index >= 15 is 0 Å². The van der Waals surface area contributed by atoms with Crippen molar-refractivity contribution in [3.8, 4) is 6.07 Å². The maximum absolute atomic E-state index is 12.7. The molecule has 2 aromatic rings. The molecule has 1 aromatic carbocycles. The second-order valence-electron chi connectivity index (χ2n) is 8.24. The van der Waals surface area contributed by atoms with E-state index in [0.29, 0.717) is 15.3 Å². The van der Waals surface area contributed by atoms with Crippen molar-refractivity contribution in [2.45, 2.75) is 69.6 Å². The van der Waals surface area contributed by atoms with Gasteiger partial charge >= 0.3 is 0 Å². The summed E-state index contributed by atoms with van der Waals surface area (Å²) < 4.78 is 15.6. The summed E-state index contributed by atoms with van der Waals surface area (Å²) in [6.07, 6.45) is 0.0994. The molecule has 2 N–H and O–H groups in total. The Morgan fingerprint density at radius 3 is 2.21 bits per heavy atom. The topological polar surface area (TPSA) is 96.2 Å². The Morgan fingerprint density at radius 2 is 1.79 bits per heavy atom. The van der Waals surface area contributed by atoms with Crippen LogP contribution in [0.3, 0.4) is 0 Å². The number of thiophene rings is 1. The first-order chi connectivity index (χ1) is 13.4. The number of carbonyl (C=O) groups is 1. The highest BCUT2D eigenvalue weighted by Gasteiger charge is 2.25. The van der Waals surface area contributed by atoms with Gasteiger partial charge in [0, 0.05) is 11.4 Å². The van der Waals surface area contributed by atoms with Crippen LogP contribution < -0.4 is 4.72 Å². The van der Waals surface area contributed by atoms with E-state index in [-0.39, 0.29) is 24.2 Å². The van der Waals surface area contributed by atoms with Crippen LogP contribution in [0.4, 0.5) is 0 Å². The molecule has 0 saturated carbocycles. The molecular formula is C22H28N2O3S2. The van der Waals surface area contributed by atoms with E-state index in [9.17, 15) is 19.7 Å². The van der Waals surface area contributed by atoms with Crippen molar-refractivity contribution in [3.63, 3.8) is 0 Å². The number of aliphatic hydroxyl groups is 1. The summed E-state index contributed by atoms with van der Waals surface area (Å²) in [7, 11) is 0. The monoisotopic (exact) mass is 432 g/mol. The molecule has 0 bridgehead atoms. The summed E-state index contributed by atoms with van der Waals surface area (Å²) in [6.45, 7) is 11.4. The lowest BCUT2D eigenvalue weighted by molar-refractivity contribution is -0.118. The van der Waals surface area contributed by atoms with Crippen LogP contribution in [0.25, 0.3) is 0 Å².